The number of nitriles is 1. The van der Waals surface area contributed by atoms with Crippen LogP contribution in [0.25, 0.3) is 0 Å². The van der Waals surface area contributed by atoms with Crippen molar-refractivity contribution in [2.24, 2.45) is 0 Å². The van der Waals surface area contributed by atoms with E-state index in [4.69, 9.17) is 11.6 Å². The minimum atomic E-state index is -2.87. The summed E-state index contributed by atoms with van der Waals surface area (Å²) in [5.74, 6) is -7.49. The first-order valence-corrected chi connectivity index (χ1v) is 14.1. The summed E-state index contributed by atoms with van der Waals surface area (Å²) in [5, 5.41) is 12.1. The Kier molecular flexibility index (Phi) is 8.82. The third-order valence-electron chi connectivity index (χ3n) is 7.60. The van der Waals surface area contributed by atoms with Crippen molar-refractivity contribution in [3.8, 4) is 6.07 Å². The van der Waals surface area contributed by atoms with Crippen molar-refractivity contribution >= 4 is 41.0 Å². The van der Waals surface area contributed by atoms with Gasteiger partial charge in [-0.2, -0.15) is 5.26 Å². The lowest BCUT2D eigenvalue weighted by molar-refractivity contribution is -0.128. The van der Waals surface area contributed by atoms with Gasteiger partial charge in [0.2, 0.25) is 23.7 Å². The molecule has 0 radical (unpaired) electrons. The molecule has 3 aromatic rings. The van der Waals surface area contributed by atoms with E-state index < -0.39 is 66.2 Å². The number of alkyl halides is 2. The highest BCUT2D eigenvalue weighted by Crippen LogP contribution is 2.37. The number of carbonyl (C=O) groups excluding carboxylic acids is 3. The molecule has 1 saturated heterocycles. The zero-order valence-electron chi connectivity index (χ0n) is 23.0. The fourth-order valence-corrected chi connectivity index (χ4v) is 5.74. The van der Waals surface area contributed by atoms with Crippen LogP contribution in [0.1, 0.15) is 55.8 Å². The van der Waals surface area contributed by atoms with Gasteiger partial charge in [-0.1, -0.05) is 29.8 Å². The summed E-state index contributed by atoms with van der Waals surface area (Å²) in [6, 6.07) is 7.83. The van der Waals surface area contributed by atoms with Crippen LogP contribution < -0.4 is 15.1 Å². The van der Waals surface area contributed by atoms with Crippen LogP contribution in [0.4, 0.5) is 29.2 Å². The number of carbonyl (C=O) groups is 3. The molecule has 9 nitrogen and oxygen atoms in total. The lowest BCUT2D eigenvalue weighted by Crippen LogP contribution is -2.53. The van der Waals surface area contributed by atoms with Crippen molar-refractivity contribution in [3.63, 3.8) is 0 Å². The molecule has 2 fully saturated rings. The van der Waals surface area contributed by atoms with Crippen molar-refractivity contribution in [3.05, 3.63) is 82.6 Å². The Morgan fingerprint density at radius 1 is 1.09 bits per heavy atom. The molecule has 1 N–H and O–H groups in total. The van der Waals surface area contributed by atoms with Gasteiger partial charge in [0.1, 0.15) is 35.5 Å². The lowest BCUT2D eigenvalue weighted by atomic mass is 9.91. The first-order chi connectivity index (χ1) is 21.0. The molecule has 3 amide bonds. The van der Waals surface area contributed by atoms with Crippen LogP contribution >= 0.6 is 11.6 Å². The van der Waals surface area contributed by atoms with E-state index in [0.29, 0.717) is 6.07 Å². The molecule has 1 aromatic heterocycles. The second-order valence-corrected chi connectivity index (χ2v) is 11.0. The molecule has 228 valence electrons. The van der Waals surface area contributed by atoms with Crippen molar-refractivity contribution in [2.75, 3.05) is 9.80 Å². The number of nitrogens with one attached hydrogen (secondary N) is 1. The SMILES string of the molecule is N#Cc1ccnc(N2C(=O)CCC2C(=O)N(c2cc(F)cc(F)c2)[C@H](C(=O)NC2CCC(F)(F)CC2)c2ccccc2Cl)n1. The summed E-state index contributed by atoms with van der Waals surface area (Å²) in [7, 11) is 0. The van der Waals surface area contributed by atoms with Gasteiger partial charge in [-0.3, -0.25) is 24.2 Å². The Bertz CT molecular complexity index is 1620. The molecule has 0 bridgehead atoms. The molecule has 2 aliphatic rings. The van der Waals surface area contributed by atoms with E-state index in [9.17, 15) is 37.2 Å². The summed E-state index contributed by atoms with van der Waals surface area (Å²) in [6.07, 6.45) is 0.0754. The monoisotopic (exact) mass is 628 g/mol. The number of benzene rings is 2. The molecule has 2 aromatic carbocycles. The Balaban J connectivity index is 1.61. The molecule has 14 heteroatoms. The maximum Gasteiger partial charge on any atom is 0.251 e. The van der Waals surface area contributed by atoms with E-state index in [2.05, 4.69) is 15.3 Å². The summed E-state index contributed by atoms with van der Waals surface area (Å²) >= 11 is 6.50. The molecule has 2 atom stereocenters. The minimum Gasteiger partial charge on any atom is -0.351 e. The summed E-state index contributed by atoms with van der Waals surface area (Å²) in [4.78, 5) is 51.5. The largest absolute Gasteiger partial charge is 0.351 e. The summed E-state index contributed by atoms with van der Waals surface area (Å²) in [6.45, 7) is 0. The van der Waals surface area contributed by atoms with Crippen LogP contribution in [0.5, 0.6) is 0 Å². The second-order valence-electron chi connectivity index (χ2n) is 10.6. The van der Waals surface area contributed by atoms with Crippen LogP contribution in [-0.2, 0) is 14.4 Å². The van der Waals surface area contributed by atoms with Gasteiger partial charge in [-0.15, -0.1) is 0 Å². The highest BCUT2D eigenvalue weighted by atomic mass is 35.5. The zero-order chi connectivity index (χ0) is 31.6. The van der Waals surface area contributed by atoms with Crippen molar-refractivity contribution < 1.29 is 31.9 Å². The number of halogens is 5. The Morgan fingerprint density at radius 3 is 2.43 bits per heavy atom. The highest BCUT2D eigenvalue weighted by molar-refractivity contribution is 6.31. The molecule has 1 saturated carbocycles. The Labute approximate surface area is 254 Å². The third-order valence-corrected chi connectivity index (χ3v) is 7.95. The van der Waals surface area contributed by atoms with E-state index in [-0.39, 0.29) is 53.6 Å². The molecule has 1 aliphatic heterocycles. The Hall–Kier alpha value is -4.57. The van der Waals surface area contributed by atoms with Gasteiger partial charge in [-0.25, -0.2) is 27.5 Å². The van der Waals surface area contributed by atoms with Gasteiger partial charge in [0.25, 0.3) is 5.91 Å². The first kappa shape index (κ1) is 30.9. The fraction of sp³-hybridized carbons (Fsp3) is 0.333. The van der Waals surface area contributed by atoms with E-state index in [1.165, 1.54) is 24.4 Å². The third kappa shape index (κ3) is 6.50. The van der Waals surface area contributed by atoms with Gasteiger partial charge < -0.3 is 5.32 Å². The smallest absolute Gasteiger partial charge is 0.251 e. The van der Waals surface area contributed by atoms with Crippen molar-refractivity contribution in [1.82, 2.24) is 15.3 Å². The zero-order valence-corrected chi connectivity index (χ0v) is 23.8. The predicted octanol–water partition coefficient (Wildman–Crippen LogP) is 5.24. The topological polar surface area (TPSA) is 119 Å². The van der Waals surface area contributed by atoms with Gasteiger partial charge in [-0.05, 0) is 43.5 Å². The molecule has 2 heterocycles. The standard InChI is InChI=1S/C30H25ClF4N6O3/c31-23-4-2-1-3-22(23)26(27(43)38-19-7-10-30(34,35)11-8-19)40(21-14-17(32)13-18(33)15-21)28(44)24-5-6-25(42)41(24)29-37-12-9-20(16-36)39-29/h1-4,9,12-15,19,24,26H,5-8,10-11H2,(H,38,43)/t24?,26-/m0/s1. The van der Waals surface area contributed by atoms with Crippen LogP contribution in [0.3, 0.4) is 0 Å². The maximum atomic E-state index is 14.6. The predicted molar refractivity (Wildman–Crippen MR) is 151 cm³/mol. The average Bonchev–Trinajstić information content (AvgIpc) is 3.38. The number of rotatable bonds is 7. The fourth-order valence-electron chi connectivity index (χ4n) is 5.50. The molecule has 1 unspecified atom stereocenters. The van der Waals surface area contributed by atoms with Crippen LogP contribution in [-0.4, -0.2) is 45.7 Å². The summed E-state index contributed by atoms with van der Waals surface area (Å²) < 4.78 is 56.9. The molecular formula is C30H25ClF4N6O3. The first-order valence-electron chi connectivity index (χ1n) is 13.7. The average molecular weight is 629 g/mol. The van der Waals surface area contributed by atoms with E-state index >= 15 is 0 Å². The molecule has 5 rings (SSSR count). The number of nitrogens with zero attached hydrogens (tertiary/aromatic N) is 5. The van der Waals surface area contributed by atoms with Gasteiger partial charge in [0.15, 0.2) is 0 Å². The van der Waals surface area contributed by atoms with Crippen LogP contribution in [0.15, 0.2) is 54.7 Å². The maximum absolute atomic E-state index is 14.6. The van der Waals surface area contributed by atoms with Crippen LogP contribution in [0, 0.1) is 23.0 Å². The van der Waals surface area contributed by atoms with Crippen molar-refractivity contribution in [2.45, 2.75) is 62.6 Å². The van der Waals surface area contributed by atoms with Crippen LogP contribution in [0.2, 0.25) is 5.02 Å². The van der Waals surface area contributed by atoms with E-state index in [0.717, 1.165) is 21.9 Å². The van der Waals surface area contributed by atoms with Gasteiger partial charge >= 0.3 is 0 Å². The van der Waals surface area contributed by atoms with Gasteiger partial charge in [0.05, 0.1) is 5.69 Å². The number of hydrogen-bond donors (Lipinski definition) is 1. The molecule has 0 spiro atoms. The molecule has 1 aliphatic carbocycles. The normalized spacial score (nSPS) is 18.9. The van der Waals surface area contributed by atoms with Crippen molar-refractivity contribution in [1.29, 1.82) is 5.26 Å². The minimum absolute atomic E-state index is 0.0337. The van der Waals surface area contributed by atoms with E-state index in [1.807, 2.05) is 6.07 Å². The Morgan fingerprint density at radius 2 is 1.77 bits per heavy atom. The van der Waals surface area contributed by atoms with Gasteiger partial charge in [0, 0.05) is 48.2 Å². The second kappa shape index (κ2) is 12.6. The summed E-state index contributed by atoms with van der Waals surface area (Å²) in [5.41, 5.74) is -0.338. The van der Waals surface area contributed by atoms with E-state index in [1.54, 1.807) is 12.1 Å². The molecular weight excluding hydrogens is 604 g/mol. The quantitative estimate of drug-likeness (QED) is 0.357. The number of anilines is 2. The number of aromatic nitrogens is 2. The number of hydrogen-bond acceptors (Lipinski definition) is 6. The highest BCUT2D eigenvalue weighted by Gasteiger charge is 2.45. The number of amides is 3. The lowest BCUT2D eigenvalue weighted by Gasteiger charge is -2.37. The molecule has 44 heavy (non-hydrogen) atoms.